The summed E-state index contributed by atoms with van der Waals surface area (Å²) in [5, 5.41) is 18.5. The number of carbonyl (C=O) groups is 1. The Kier molecular flexibility index (Phi) is 4.41. The predicted octanol–water partition coefficient (Wildman–Crippen LogP) is 4.09. The molecule has 2 heterocycles. The molecule has 27 heavy (non-hydrogen) atoms. The fraction of sp³-hybridized carbons (Fsp3) is 0.158. The number of non-ortho nitro benzene ring substituents is 1. The number of nitrogens with zero attached hydrogens (tertiary/aromatic N) is 3. The maximum atomic E-state index is 12.7. The highest BCUT2D eigenvalue weighted by atomic mass is 32.2. The third-order valence-corrected chi connectivity index (χ3v) is 5.37. The molecule has 0 fully saturated rings. The highest BCUT2D eigenvalue weighted by Gasteiger charge is 2.25. The summed E-state index contributed by atoms with van der Waals surface area (Å²) in [7, 11) is 0. The molecule has 2 aromatic carbocycles. The molecule has 1 aliphatic rings. The van der Waals surface area contributed by atoms with Crippen LogP contribution in [-0.2, 0) is 11.5 Å². The predicted molar refractivity (Wildman–Crippen MR) is 104 cm³/mol. The molecule has 8 heteroatoms. The summed E-state index contributed by atoms with van der Waals surface area (Å²) in [6.07, 6.45) is 0. The summed E-state index contributed by atoms with van der Waals surface area (Å²) in [5.74, 6) is 1.96. The Labute approximate surface area is 159 Å². The summed E-state index contributed by atoms with van der Waals surface area (Å²) < 4.78 is 1.65. The van der Waals surface area contributed by atoms with Crippen molar-refractivity contribution in [2.75, 3.05) is 5.32 Å². The van der Waals surface area contributed by atoms with Gasteiger partial charge in [-0.15, -0.1) is 0 Å². The molecule has 0 unspecified atom stereocenters. The van der Waals surface area contributed by atoms with E-state index in [0.717, 1.165) is 28.3 Å². The Hall–Kier alpha value is -3.13. The molecule has 1 N–H and O–H groups in total. The largest absolute Gasteiger partial charge is 0.306 e. The number of thioether (sulfide) groups is 1. The number of carbonyl (C=O) groups excluding carboxylic acids is 1. The van der Waals surface area contributed by atoms with Gasteiger partial charge in [0.2, 0.25) is 0 Å². The lowest BCUT2D eigenvalue weighted by atomic mass is 10.1. The lowest BCUT2D eigenvalue weighted by Gasteiger charge is -2.11. The van der Waals surface area contributed by atoms with Crippen LogP contribution in [-0.4, -0.2) is 20.6 Å². The lowest BCUT2D eigenvalue weighted by molar-refractivity contribution is -0.384. The summed E-state index contributed by atoms with van der Waals surface area (Å²) in [4.78, 5) is 23.1. The number of hydrogen-bond acceptors (Lipinski definition) is 5. The molecule has 0 radical (unpaired) electrons. The van der Waals surface area contributed by atoms with Crippen LogP contribution in [0, 0.1) is 17.0 Å². The molecule has 7 nitrogen and oxygen atoms in total. The van der Waals surface area contributed by atoms with Crippen LogP contribution in [0.1, 0.15) is 27.2 Å². The topological polar surface area (TPSA) is 90.1 Å². The highest BCUT2D eigenvalue weighted by Crippen LogP contribution is 2.36. The number of amides is 1. The van der Waals surface area contributed by atoms with E-state index in [-0.39, 0.29) is 11.6 Å². The minimum atomic E-state index is -0.441. The molecule has 0 saturated heterocycles. The number of anilines is 1. The van der Waals surface area contributed by atoms with E-state index in [4.69, 9.17) is 0 Å². The smallest absolute Gasteiger partial charge is 0.269 e. The zero-order chi connectivity index (χ0) is 19.0. The van der Waals surface area contributed by atoms with E-state index >= 15 is 0 Å². The van der Waals surface area contributed by atoms with Gasteiger partial charge in [0, 0.05) is 34.8 Å². The number of benzene rings is 2. The van der Waals surface area contributed by atoms with Gasteiger partial charge in [0.05, 0.1) is 16.3 Å². The van der Waals surface area contributed by atoms with Crippen LogP contribution in [0.4, 0.5) is 11.5 Å². The molecule has 3 aromatic rings. The van der Waals surface area contributed by atoms with Crippen molar-refractivity contribution in [2.45, 2.75) is 18.4 Å². The van der Waals surface area contributed by atoms with Gasteiger partial charge in [-0.2, -0.15) is 16.9 Å². The van der Waals surface area contributed by atoms with Gasteiger partial charge in [0.15, 0.2) is 0 Å². The summed E-state index contributed by atoms with van der Waals surface area (Å²) in [5.41, 5.74) is 4.26. The Morgan fingerprint density at radius 3 is 2.52 bits per heavy atom. The quantitative estimate of drug-likeness (QED) is 0.544. The van der Waals surface area contributed by atoms with Gasteiger partial charge in [0.25, 0.3) is 11.6 Å². The minimum absolute atomic E-state index is 0.0132. The van der Waals surface area contributed by atoms with Crippen LogP contribution in [0.5, 0.6) is 0 Å². The normalized spacial score (nSPS) is 12.6. The van der Waals surface area contributed by atoms with Crippen molar-refractivity contribution in [2.24, 2.45) is 0 Å². The fourth-order valence-electron chi connectivity index (χ4n) is 2.93. The maximum Gasteiger partial charge on any atom is 0.269 e. The summed E-state index contributed by atoms with van der Waals surface area (Å²) in [6.45, 7) is 1.97. The number of aryl methyl sites for hydroxylation is 1. The van der Waals surface area contributed by atoms with Crippen LogP contribution in [0.2, 0.25) is 0 Å². The fourth-order valence-corrected chi connectivity index (χ4v) is 3.96. The molecule has 1 aromatic heterocycles. The van der Waals surface area contributed by atoms with Crippen LogP contribution in [0.15, 0.2) is 48.5 Å². The van der Waals surface area contributed by atoms with Crippen molar-refractivity contribution in [1.82, 2.24) is 9.78 Å². The van der Waals surface area contributed by atoms with E-state index < -0.39 is 4.92 Å². The second kappa shape index (κ2) is 6.88. The maximum absolute atomic E-state index is 12.7. The molecule has 1 aliphatic heterocycles. The Morgan fingerprint density at radius 1 is 1.15 bits per heavy atom. The molecule has 0 bridgehead atoms. The number of fused-ring (bicyclic) bond motifs is 1. The molecule has 0 atom stereocenters. The van der Waals surface area contributed by atoms with Gasteiger partial charge >= 0.3 is 0 Å². The molecule has 0 spiro atoms. The number of nitrogens with one attached hydrogen (secondary N) is 1. The molecule has 0 aliphatic carbocycles. The minimum Gasteiger partial charge on any atom is -0.306 e. The Morgan fingerprint density at radius 2 is 1.85 bits per heavy atom. The number of rotatable bonds is 4. The second-order valence-corrected chi connectivity index (χ2v) is 7.26. The first-order chi connectivity index (χ1) is 13.0. The first kappa shape index (κ1) is 17.3. The van der Waals surface area contributed by atoms with Gasteiger partial charge in [-0.25, -0.2) is 4.68 Å². The van der Waals surface area contributed by atoms with E-state index in [9.17, 15) is 14.9 Å². The second-order valence-electron chi connectivity index (χ2n) is 6.27. The molecule has 136 valence electrons. The molecular formula is C19H16N4O3S. The first-order valence-corrected chi connectivity index (χ1v) is 9.50. The van der Waals surface area contributed by atoms with Crippen LogP contribution >= 0.6 is 11.8 Å². The lowest BCUT2D eigenvalue weighted by Crippen LogP contribution is -2.16. The zero-order valence-electron chi connectivity index (χ0n) is 14.5. The van der Waals surface area contributed by atoms with Crippen LogP contribution < -0.4 is 5.32 Å². The van der Waals surface area contributed by atoms with E-state index in [1.807, 2.05) is 19.1 Å². The van der Waals surface area contributed by atoms with Crippen LogP contribution in [0.25, 0.3) is 5.69 Å². The number of nitro benzene ring substituents is 1. The number of nitro groups is 1. The molecule has 1 amide bonds. The van der Waals surface area contributed by atoms with Crippen molar-refractivity contribution in [1.29, 1.82) is 0 Å². The standard InChI is InChI=1S/C19H16N4O3S/c1-12-2-4-13(5-3-12)19(24)20-18-16-10-27-11-17(16)21-22(18)14-6-8-15(9-7-14)23(25)26/h2-9H,10-11H2,1H3,(H,20,24). The van der Waals surface area contributed by atoms with Gasteiger partial charge in [-0.1, -0.05) is 17.7 Å². The Bertz CT molecular complexity index is 1030. The van der Waals surface area contributed by atoms with Gasteiger partial charge in [-0.05, 0) is 31.2 Å². The zero-order valence-corrected chi connectivity index (χ0v) is 15.3. The molecule has 4 rings (SSSR count). The van der Waals surface area contributed by atoms with E-state index in [1.165, 1.54) is 12.1 Å². The van der Waals surface area contributed by atoms with Gasteiger partial charge in [0.1, 0.15) is 5.82 Å². The summed E-state index contributed by atoms with van der Waals surface area (Å²) in [6, 6.07) is 13.5. The number of hydrogen-bond donors (Lipinski definition) is 1. The SMILES string of the molecule is Cc1ccc(C(=O)Nc2c3c(nn2-c2ccc([N+](=O)[O-])cc2)CSC3)cc1. The third-order valence-electron chi connectivity index (χ3n) is 4.40. The Balaban J connectivity index is 1.70. The van der Waals surface area contributed by atoms with Crippen molar-refractivity contribution >= 4 is 29.2 Å². The van der Waals surface area contributed by atoms with Gasteiger partial charge < -0.3 is 5.32 Å². The average Bonchev–Trinajstić information content (AvgIpc) is 3.25. The number of aromatic nitrogens is 2. The van der Waals surface area contributed by atoms with Crippen molar-refractivity contribution in [3.05, 3.63) is 81.0 Å². The van der Waals surface area contributed by atoms with Gasteiger partial charge in [-0.3, -0.25) is 14.9 Å². The van der Waals surface area contributed by atoms with E-state index in [2.05, 4.69) is 10.4 Å². The molecular weight excluding hydrogens is 364 g/mol. The van der Waals surface area contributed by atoms with Crippen molar-refractivity contribution in [3.8, 4) is 5.69 Å². The average molecular weight is 380 g/mol. The monoisotopic (exact) mass is 380 g/mol. The van der Waals surface area contributed by atoms with E-state index in [0.29, 0.717) is 17.1 Å². The third kappa shape index (κ3) is 3.31. The van der Waals surface area contributed by atoms with Crippen molar-refractivity contribution in [3.63, 3.8) is 0 Å². The summed E-state index contributed by atoms with van der Waals surface area (Å²) >= 11 is 1.74. The first-order valence-electron chi connectivity index (χ1n) is 8.34. The molecule has 0 saturated carbocycles. The van der Waals surface area contributed by atoms with Crippen LogP contribution in [0.3, 0.4) is 0 Å². The highest BCUT2D eigenvalue weighted by molar-refractivity contribution is 7.98. The van der Waals surface area contributed by atoms with E-state index in [1.54, 1.807) is 40.7 Å². The van der Waals surface area contributed by atoms with Crippen molar-refractivity contribution < 1.29 is 9.72 Å².